The van der Waals surface area contributed by atoms with Crippen molar-refractivity contribution in [1.29, 1.82) is 0 Å². The van der Waals surface area contributed by atoms with Crippen LogP contribution in [0.3, 0.4) is 0 Å². The molecule has 2 unspecified atom stereocenters. The molecule has 2 atom stereocenters. The Hall–Kier alpha value is -2.09. The molecule has 160 valence electrons. The van der Waals surface area contributed by atoms with E-state index < -0.39 is 0 Å². The van der Waals surface area contributed by atoms with E-state index in [9.17, 15) is 9.18 Å². The smallest absolute Gasteiger partial charge is 0.244 e. The first-order valence-corrected chi connectivity index (χ1v) is 11.4. The number of thioether (sulfide) groups is 1. The Bertz CT molecular complexity index is 876. The van der Waals surface area contributed by atoms with E-state index in [0.29, 0.717) is 16.1 Å². The van der Waals surface area contributed by atoms with Crippen molar-refractivity contribution in [3.05, 3.63) is 59.4 Å². The summed E-state index contributed by atoms with van der Waals surface area (Å²) in [7, 11) is 0. The predicted molar refractivity (Wildman–Crippen MR) is 124 cm³/mol. The highest BCUT2D eigenvalue weighted by Gasteiger charge is 2.36. The summed E-state index contributed by atoms with van der Waals surface area (Å²) >= 11 is 7.74. The molecule has 0 spiro atoms. The van der Waals surface area contributed by atoms with E-state index in [1.54, 1.807) is 48.2 Å². The molecule has 0 radical (unpaired) electrons. The molecule has 0 aromatic heterocycles. The van der Waals surface area contributed by atoms with Crippen LogP contribution in [0.1, 0.15) is 26.7 Å². The zero-order valence-corrected chi connectivity index (χ0v) is 18.6. The topological polar surface area (TPSA) is 56.7 Å². The van der Waals surface area contributed by atoms with Gasteiger partial charge in [0.15, 0.2) is 0 Å². The van der Waals surface area contributed by atoms with Gasteiger partial charge in [-0.3, -0.25) is 15.0 Å². The van der Waals surface area contributed by atoms with Gasteiger partial charge in [-0.1, -0.05) is 24.9 Å². The van der Waals surface area contributed by atoms with Crippen molar-refractivity contribution in [2.45, 2.75) is 38.1 Å². The van der Waals surface area contributed by atoms with Crippen molar-refractivity contribution >= 4 is 46.6 Å². The maximum atomic E-state index is 13.3. The summed E-state index contributed by atoms with van der Waals surface area (Å²) in [4.78, 5) is 19.8. The normalized spacial score (nSPS) is 19.7. The third-order valence-electron chi connectivity index (χ3n) is 4.85. The number of rotatable bonds is 6. The fourth-order valence-electron chi connectivity index (χ4n) is 3.18. The van der Waals surface area contributed by atoms with Crippen LogP contribution in [0.15, 0.2) is 53.5 Å². The second kappa shape index (κ2) is 10.8. The zero-order chi connectivity index (χ0) is 21.5. The number of anilines is 1. The number of halogens is 2. The van der Waals surface area contributed by atoms with Crippen LogP contribution in [0, 0.1) is 5.82 Å². The summed E-state index contributed by atoms with van der Waals surface area (Å²) in [5.74, 6) is 0.578. The third-order valence-corrected chi connectivity index (χ3v) is 6.36. The number of aliphatic imine (C=N–C) groups is 1. The van der Waals surface area contributed by atoms with Gasteiger partial charge in [-0.25, -0.2) is 9.38 Å². The lowest BCUT2D eigenvalue weighted by Crippen LogP contribution is -2.49. The van der Waals surface area contributed by atoms with Crippen LogP contribution in [-0.2, 0) is 4.79 Å². The van der Waals surface area contributed by atoms with Gasteiger partial charge < -0.3 is 5.32 Å². The molecule has 5 nitrogen and oxygen atoms in total. The summed E-state index contributed by atoms with van der Waals surface area (Å²) < 4.78 is 13.3. The Morgan fingerprint density at radius 2 is 1.93 bits per heavy atom. The van der Waals surface area contributed by atoms with Crippen molar-refractivity contribution in [2.24, 2.45) is 4.99 Å². The number of carbonyl (C=O) groups is 1. The average Bonchev–Trinajstić information content (AvgIpc) is 3.10. The fourth-order valence-corrected chi connectivity index (χ4v) is 4.56. The summed E-state index contributed by atoms with van der Waals surface area (Å²) in [5.41, 5.74) is 1.27. The number of amides is 1. The van der Waals surface area contributed by atoms with E-state index in [-0.39, 0.29) is 23.7 Å². The Morgan fingerprint density at radius 3 is 2.60 bits per heavy atom. The highest BCUT2D eigenvalue weighted by atomic mass is 35.5. The lowest BCUT2D eigenvalue weighted by Gasteiger charge is -2.26. The number of hydrogen-bond donors (Lipinski definition) is 2. The van der Waals surface area contributed by atoms with Crippen molar-refractivity contribution in [3.8, 4) is 0 Å². The second-order valence-corrected chi connectivity index (χ2v) is 8.88. The molecule has 1 aliphatic rings. The molecule has 1 aliphatic heterocycles. The molecule has 0 aliphatic carbocycles. The van der Waals surface area contributed by atoms with E-state index in [4.69, 9.17) is 11.6 Å². The molecule has 2 aromatic rings. The minimum absolute atomic E-state index is 0.106. The molecule has 3 rings (SSSR count). The molecule has 2 aromatic carbocycles. The monoisotopic (exact) mass is 448 g/mol. The highest BCUT2D eigenvalue weighted by molar-refractivity contribution is 8.00. The van der Waals surface area contributed by atoms with E-state index in [1.807, 2.05) is 0 Å². The molecule has 1 saturated heterocycles. The van der Waals surface area contributed by atoms with E-state index in [0.717, 1.165) is 30.8 Å². The van der Waals surface area contributed by atoms with Gasteiger partial charge >= 0.3 is 0 Å². The average molecular weight is 449 g/mol. The first-order valence-electron chi connectivity index (χ1n) is 10.0. The number of carbonyl (C=O) groups excluding carboxylic acids is 1. The van der Waals surface area contributed by atoms with Gasteiger partial charge in [0, 0.05) is 23.0 Å². The number of nitrogens with zero attached hydrogens (tertiary/aromatic N) is 2. The van der Waals surface area contributed by atoms with Crippen molar-refractivity contribution in [3.63, 3.8) is 0 Å². The molecule has 8 heteroatoms. The summed E-state index contributed by atoms with van der Waals surface area (Å²) in [6.45, 7) is 5.16. The zero-order valence-electron chi connectivity index (χ0n) is 17.1. The Kier molecular flexibility index (Phi) is 8.13. The summed E-state index contributed by atoms with van der Waals surface area (Å²) in [5, 5.41) is 6.98. The minimum atomic E-state index is -0.339. The van der Waals surface area contributed by atoms with Crippen LogP contribution in [0.5, 0.6) is 0 Å². The van der Waals surface area contributed by atoms with E-state index in [2.05, 4.69) is 34.4 Å². The molecule has 0 saturated carbocycles. The van der Waals surface area contributed by atoms with Crippen LogP contribution >= 0.6 is 23.4 Å². The first-order chi connectivity index (χ1) is 14.5. The van der Waals surface area contributed by atoms with Crippen LogP contribution in [0.2, 0.25) is 5.02 Å². The Balaban J connectivity index is 1.79. The number of hydrogen-bond acceptors (Lipinski definition) is 4. The van der Waals surface area contributed by atoms with Gasteiger partial charge in [0.1, 0.15) is 5.82 Å². The van der Waals surface area contributed by atoms with Crippen molar-refractivity contribution in [2.75, 3.05) is 17.6 Å². The molecule has 1 fully saturated rings. The van der Waals surface area contributed by atoms with E-state index in [1.165, 1.54) is 12.1 Å². The lowest BCUT2D eigenvalue weighted by molar-refractivity contribution is -0.124. The van der Waals surface area contributed by atoms with Gasteiger partial charge in [0.25, 0.3) is 0 Å². The van der Waals surface area contributed by atoms with Gasteiger partial charge in [-0.15, -0.1) is 11.8 Å². The van der Waals surface area contributed by atoms with E-state index >= 15 is 0 Å². The van der Waals surface area contributed by atoms with Crippen LogP contribution in [0.25, 0.3) is 0 Å². The lowest BCUT2D eigenvalue weighted by atomic mass is 10.2. The van der Waals surface area contributed by atoms with Crippen molar-refractivity contribution < 1.29 is 9.18 Å². The van der Waals surface area contributed by atoms with Gasteiger partial charge in [0.05, 0.1) is 17.1 Å². The second-order valence-electron chi connectivity index (χ2n) is 7.10. The largest absolute Gasteiger partial charge is 0.326 e. The molecular formula is C22H26ClFN4OS. The SMILES string of the molecule is CCCCN1C(C)SCC1C(=O)NC(=Nc1ccc(F)cc1)Nc1ccc(Cl)cc1. The Labute approximate surface area is 186 Å². The molecule has 1 amide bonds. The molecule has 0 bridgehead atoms. The quantitative estimate of drug-likeness (QED) is 0.467. The number of benzene rings is 2. The maximum Gasteiger partial charge on any atom is 0.244 e. The van der Waals surface area contributed by atoms with Gasteiger partial charge in [-0.2, -0.15) is 0 Å². The Morgan fingerprint density at radius 1 is 1.23 bits per heavy atom. The van der Waals surface area contributed by atoms with Crippen molar-refractivity contribution in [1.82, 2.24) is 10.2 Å². The standard InChI is InChI=1S/C22H26ClFN4OS/c1-3-4-13-28-15(2)30-14-20(28)21(29)27-22(25-18-9-5-16(23)6-10-18)26-19-11-7-17(24)8-12-19/h5-12,15,20H,3-4,13-14H2,1-2H3,(H2,25,26,27,29). The van der Waals surface area contributed by atoms with Gasteiger partial charge in [-0.05, 0) is 61.9 Å². The van der Waals surface area contributed by atoms with Crippen LogP contribution < -0.4 is 10.6 Å². The fraction of sp³-hybridized carbons (Fsp3) is 0.364. The number of guanidine groups is 1. The molecule has 2 N–H and O–H groups in total. The predicted octanol–water partition coefficient (Wildman–Crippen LogP) is 5.26. The van der Waals surface area contributed by atoms with Crippen LogP contribution in [-0.4, -0.2) is 40.5 Å². The molecule has 30 heavy (non-hydrogen) atoms. The minimum Gasteiger partial charge on any atom is -0.326 e. The first kappa shape index (κ1) is 22.6. The molecular weight excluding hydrogens is 423 g/mol. The summed E-state index contributed by atoms with van der Waals surface area (Å²) in [6, 6.07) is 12.7. The third kappa shape index (κ3) is 6.20. The van der Waals surface area contributed by atoms with Gasteiger partial charge in [0.2, 0.25) is 11.9 Å². The molecule has 1 heterocycles. The summed E-state index contributed by atoms with van der Waals surface area (Å²) in [6.07, 6.45) is 2.13. The van der Waals surface area contributed by atoms with Crippen LogP contribution in [0.4, 0.5) is 15.8 Å². The number of unbranched alkanes of at least 4 members (excludes halogenated alkanes) is 1. The number of nitrogens with one attached hydrogen (secondary N) is 2. The maximum absolute atomic E-state index is 13.3. The highest BCUT2D eigenvalue weighted by Crippen LogP contribution is 2.29.